The van der Waals surface area contributed by atoms with E-state index in [0.29, 0.717) is 12.0 Å². The average Bonchev–Trinajstić information content (AvgIpc) is 2.29. The fraction of sp³-hybridized carbons (Fsp3) is 0.333. The zero-order valence-corrected chi connectivity index (χ0v) is 8.94. The first-order chi connectivity index (χ1) is 7.65. The maximum Gasteiger partial charge on any atom is 0.311 e. The lowest BCUT2D eigenvalue weighted by atomic mass is 10.1. The highest BCUT2D eigenvalue weighted by atomic mass is 19.1. The van der Waals surface area contributed by atoms with Crippen LogP contribution in [0.4, 0.5) is 4.39 Å². The Balaban J connectivity index is 2.52. The summed E-state index contributed by atoms with van der Waals surface area (Å²) in [5.74, 6) is -0.819. The predicted octanol–water partition coefficient (Wildman–Crippen LogP) is 2.21. The van der Waals surface area contributed by atoms with Crippen LogP contribution in [0.15, 0.2) is 24.3 Å². The molecule has 3 nitrogen and oxygen atoms in total. The summed E-state index contributed by atoms with van der Waals surface area (Å²) in [7, 11) is 0. The minimum Gasteiger partial charge on any atom is -0.447 e. The molecule has 0 N–H and O–H groups in total. The van der Waals surface area contributed by atoms with Gasteiger partial charge in [-0.3, -0.25) is 4.79 Å². The van der Waals surface area contributed by atoms with Crippen molar-refractivity contribution in [2.24, 2.45) is 0 Å². The van der Waals surface area contributed by atoms with E-state index in [2.05, 4.69) is 0 Å². The van der Waals surface area contributed by atoms with Crippen LogP contribution in [0.1, 0.15) is 18.9 Å². The van der Waals surface area contributed by atoms with Crippen molar-refractivity contribution in [1.82, 2.24) is 0 Å². The van der Waals surface area contributed by atoms with Crippen LogP contribution in [0.3, 0.4) is 0 Å². The van der Waals surface area contributed by atoms with E-state index in [1.165, 1.54) is 24.3 Å². The zero-order valence-electron chi connectivity index (χ0n) is 8.94. The second-order valence-electron chi connectivity index (χ2n) is 3.32. The summed E-state index contributed by atoms with van der Waals surface area (Å²) in [6.45, 7) is 1.76. The van der Waals surface area contributed by atoms with Gasteiger partial charge in [-0.05, 0) is 24.1 Å². The van der Waals surface area contributed by atoms with Crippen molar-refractivity contribution in [1.29, 1.82) is 5.26 Å². The normalized spacial score (nSPS) is 11.6. The maximum absolute atomic E-state index is 12.6. The van der Waals surface area contributed by atoms with Crippen molar-refractivity contribution in [2.75, 3.05) is 0 Å². The van der Waals surface area contributed by atoms with Crippen molar-refractivity contribution >= 4 is 5.97 Å². The number of nitriles is 1. The van der Waals surface area contributed by atoms with E-state index in [1.807, 2.05) is 6.07 Å². The van der Waals surface area contributed by atoms with Crippen LogP contribution in [0.2, 0.25) is 0 Å². The Labute approximate surface area is 93.5 Å². The van der Waals surface area contributed by atoms with Gasteiger partial charge in [0, 0.05) is 0 Å². The minimum atomic E-state index is -0.701. The number of ether oxygens (including phenoxy) is 1. The molecule has 0 aromatic heterocycles. The Bertz CT molecular complexity index is 394. The van der Waals surface area contributed by atoms with Crippen molar-refractivity contribution in [3.05, 3.63) is 35.6 Å². The van der Waals surface area contributed by atoms with Gasteiger partial charge in [-0.25, -0.2) is 4.39 Å². The van der Waals surface area contributed by atoms with Gasteiger partial charge in [-0.2, -0.15) is 5.26 Å². The second-order valence-corrected chi connectivity index (χ2v) is 3.32. The molecular weight excluding hydrogens is 209 g/mol. The van der Waals surface area contributed by atoms with E-state index in [9.17, 15) is 9.18 Å². The number of halogens is 1. The molecule has 0 aliphatic rings. The molecule has 0 fully saturated rings. The van der Waals surface area contributed by atoms with Gasteiger partial charge in [0.25, 0.3) is 0 Å². The standard InChI is InChI=1S/C12H12FNO2/c1-2-11(8-14)16-12(15)7-9-3-5-10(13)6-4-9/h3-6,11H,2,7H2,1H3/t11-/m1/s1. The Morgan fingerprint density at radius 1 is 1.50 bits per heavy atom. The lowest BCUT2D eigenvalue weighted by Gasteiger charge is -2.08. The first-order valence-electron chi connectivity index (χ1n) is 4.99. The minimum absolute atomic E-state index is 0.0540. The number of hydrogen-bond acceptors (Lipinski definition) is 3. The third kappa shape index (κ3) is 3.70. The SMILES string of the molecule is CC[C@H](C#N)OC(=O)Cc1ccc(F)cc1. The molecule has 1 aromatic carbocycles. The van der Waals surface area contributed by atoms with E-state index in [1.54, 1.807) is 6.92 Å². The molecule has 1 rings (SSSR count). The smallest absolute Gasteiger partial charge is 0.311 e. The predicted molar refractivity (Wildman–Crippen MR) is 55.9 cm³/mol. The number of esters is 1. The Hall–Kier alpha value is -1.89. The summed E-state index contributed by atoms with van der Waals surface area (Å²) in [6, 6.07) is 7.47. The highest BCUT2D eigenvalue weighted by molar-refractivity contribution is 5.72. The van der Waals surface area contributed by atoms with E-state index < -0.39 is 12.1 Å². The van der Waals surface area contributed by atoms with Crippen LogP contribution in [0.25, 0.3) is 0 Å². The summed E-state index contributed by atoms with van der Waals surface area (Å²) in [5.41, 5.74) is 0.666. The van der Waals surface area contributed by atoms with Gasteiger partial charge in [0.15, 0.2) is 6.10 Å². The fourth-order valence-corrected chi connectivity index (χ4v) is 1.17. The number of rotatable bonds is 4. The number of hydrogen-bond donors (Lipinski definition) is 0. The van der Waals surface area contributed by atoms with Crippen LogP contribution in [-0.4, -0.2) is 12.1 Å². The Kier molecular flexibility index (Phi) is 4.46. The topological polar surface area (TPSA) is 50.1 Å². The van der Waals surface area contributed by atoms with Crippen LogP contribution in [0, 0.1) is 17.1 Å². The van der Waals surface area contributed by atoms with Gasteiger partial charge in [0.1, 0.15) is 11.9 Å². The molecule has 16 heavy (non-hydrogen) atoms. The van der Waals surface area contributed by atoms with E-state index in [-0.39, 0.29) is 12.2 Å². The molecule has 0 aliphatic heterocycles. The first-order valence-corrected chi connectivity index (χ1v) is 4.99. The van der Waals surface area contributed by atoms with Gasteiger partial charge in [0.05, 0.1) is 6.42 Å². The molecule has 0 aliphatic carbocycles. The monoisotopic (exact) mass is 221 g/mol. The number of carbonyl (C=O) groups excluding carboxylic acids is 1. The number of nitrogens with zero attached hydrogens (tertiary/aromatic N) is 1. The van der Waals surface area contributed by atoms with E-state index in [0.717, 1.165) is 0 Å². The van der Waals surface area contributed by atoms with Gasteiger partial charge < -0.3 is 4.74 Å². The van der Waals surface area contributed by atoms with Gasteiger partial charge >= 0.3 is 5.97 Å². The molecule has 0 saturated carbocycles. The average molecular weight is 221 g/mol. The molecule has 1 atom stereocenters. The van der Waals surface area contributed by atoms with Crippen molar-refractivity contribution in [3.63, 3.8) is 0 Å². The Morgan fingerprint density at radius 3 is 2.62 bits per heavy atom. The van der Waals surface area contributed by atoms with Crippen LogP contribution >= 0.6 is 0 Å². The molecule has 0 radical (unpaired) electrons. The summed E-state index contributed by atoms with van der Waals surface area (Å²) >= 11 is 0. The van der Waals surface area contributed by atoms with E-state index in [4.69, 9.17) is 10.00 Å². The summed E-state index contributed by atoms with van der Waals surface area (Å²) in [4.78, 5) is 11.4. The number of benzene rings is 1. The van der Waals surface area contributed by atoms with Gasteiger partial charge in [-0.1, -0.05) is 19.1 Å². The second kappa shape index (κ2) is 5.86. The lowest BCUT2D eigenvalue weighted by Crippen LogP contribution is -2.17. The van der Waals surface area contributed by atoms with Gasteiger partial charge in [0.2, 0.25) is 0 Å². The number of carbonyl (C=O) groups is 1. The van der Waals surface area contributed by atoms with Crippen LogP contribution in [-0.2, 0) is 16.0 Å². The van der Waals surface area contributed by atoms with Crippen molar-refractivity contribution in [2.45, 2.75) is 25.9 Å². The molecule has 0 heterocycles. The molecule has 0 unspecified atom stereocenters. The van der Waals surface area contributed by atoms with Crippen molar-refractivity contribution in [3.8, 4) is 6.07 Å². The molecule has 0 saturated heterocycles. The summed E-state index contributed by atoms with van der Waals surface area (Å²) in [6.07, 6.45) is -0.183. The summed E-state index contributed by atoms with van der Waals surface area (Å²) in [5, 5.41) is 8.60. The summed E-state index contributed by atoms with van der Waals surface area (Å²) < 4.78 is 17.5. The zero-order chi connectivity index (χ0) is 12.0. The van der Waals surface area contributed by atoms with E-state index >= 15 is 0 Å². The van der Waals surface area contributed by atoms with Gasteiger partial charge in [-0.15, -0.1) is 0 Å². The maximum atomic E-state index is 12.6. The van der Waals surface area contributed by atoms with Crippen LogP contribution < -0.4 is 0 Å². The Morgan fingerprint density at radius 2 is 2.12 bits per heavy atom. The third-order valence-electron chi connectivity index (χ3n) is 2.05. The molecule has 0 amide bonds. The lowest BCUT2D eigenvalue weighted by molar-refractivity contribution is -0.145. The largest absolute Gasteiger partial charge is 0.447 e. The molecule has 0 spiro atoms. The molecule has 0 bridgehead atoms. The highest BCUT2D eigenvalue weighted by Gasteiger charge is 2.11. The quantitative estimate of drug-likeness (QED) is 0.732. The fourth-order valence-electron chi connectivity index (χ4n) is 1.17. The molecule has 84 valence electrons. The van der Waals surface area contributed by atoms with Crippen LogP contribution in [0.5, 0.6) is 0 Å². The first kappa shape index (κ1) is 12.2. The molecule has 4 heteroatoms. The molecule has 1 aromatic rings. The highest BCUT2D eigenvalue weighted by Crippen LogP contribution is 2.06. The third-order valence-corrected chi connectivity index (χ3v) is 2.05. The van der Waals surface area contributed by atoms with Crippen molar-refractivity contribution < 1.29 is 13.9 Å². The molecular formula is C12H12FNO2.